The second-order valence-corrected chi connectivity index (χ2v) is 7.45. The van der Waals surface area contributed by atoms with E-state index >= 15 is 0 Å². The van der Waals surface area contributed by atoms with Gasteiger partial charge in [0.15, 0.2) is 0 Å². The number of carbonyl (C=O) groups excluding carboxylic acids is 2. The molecule has 156 valence electrons. The molecule has 0 radical (unpaired) electrons. The van der Waals surface area contributed by atoms with Crippen LogP contribution in [-0.2, 0) is 22.4 Å². The molecule has 0 spiro atoms. The Hall–Kier alpha value is -3.34. The van der Waals surface area contributed by atoms with Crippen LogP contribution in [0.1, 0.15) is 24.5 Å². The molecule has 3 rings (SSSR count). The monoisotopic (exact) mass is 404 g/mol. The Labute approximate surface area is 177 Å². The molecule has 3 aromatic carbocycles. The van der Waals surface area contributed by atoms with Crippen LogP contribution < -0.4 is 15.4 Å². The zero-order valence-corrected chi connectivity index (χ0v) is 17.5. The zero-order valence-electron chi connectivity index (χ0n) is 17.5. The van der Waals surface area contributed by atoms with Crippen molar-refractivity contribution >= 4 is 22.6 Å². The molecule has 0 heterocycles. The van der Waals surface area contributed by atoms with Gasteiger partial charge in [0, 0.05) is 6.04 Å². The molecule has 0 aliphatic rings. The summed E-state index contributed by atoms with van der Waals surface area (Å²) in [7, 11) is 1.65. The summed E-state index contributed by atoms with van der Waals surface area (Å²) in [6.45, 7) is 1.95. The van der Waals surface area contributed by atoms with E-state index in [9.17, 15) is 9.59 Å². The Morgan fingerprint density at radius 3 is 2.43 bits per heavy atom. The average Bonchev–Trinajstić information content (AvgIpc) is 2.77. The SMILES string of the molecule is COc1ccc(CCC(C)NC(=O)CNC(=O)Cc2cccc3ccccc23)cc1. The van der Waals surface area contributed by atoms with E-state index in [1.807, 2.05) is 73.7 Å². The zero-order chi connectivity index (χ0) is 21.3. The third-order valence-electron chi connectivity index (χ3n) is 5.11. The first-order valence-electron chi connectivity index (χ1n) is 10.2. The van der Waals surface area contributed by atoms with Crippen LogP contribution in [0, 0.1) is 0 Å². The van der Waals surface area contributed by atoms with Crippen molar-refractivity contribution in [1.82, 2.24) is 10.6 Å². The van der Waals surface area contributed by atoms with E-state index in [2.05, 4.69) is 10.6 Å². The van der Waals surface area contributed by atoms with Crippen LogP contribution in [0.15, 0.2) is 66.7 Å². The van der Waals surface area contributed by atoms with Crippen LogP contribution in [0.5, 0.6) is 5.75 Å². The summed E-state index contributed by atoms with van der Waals surface area (Å²) in [6, 6.07) is 21.8. The minimum atomic E-state index is -0.177. The van der Waals surface area contributed by atoms with Gasteiger partial charge < -0.3 is 15.4 Å². The van der Waals surface area contributed by atoms with Crippen molar-refractivity contribution < 1.29 is 14.3 Å². The lowest BCUT2D eigenvalue weighted by atomic mass is 10.0. The number of methoxy groups -OCH3 is 1. The minimum Gasteiger partial charge on any atom is -0.497 e. The van der Waals surface area contributed by atoms with Gasteiger partial charge >= 0.3 is 0 Å². The predicted octanol–water partition coefficient (Wildman–Crippen LogP) is 3.64. The second-order valence-electron chi connectivity index (χ2n) is 7.45. The Bertz CT molecular complexity index is 993. The fourth-order valence-corrected chi connectivity index (χ4v) is 3.43. The van der Waals surface area contributed by atoms with Gasteiger partial charge in [0.25, 0.3) is 0 Å². The number of carbonyl (C=O) groups is 2. The highest BCUT2D eigenvalue weighted by atomic mass is 16.5. The number of ether oxygens (including phenoxy) is 1. The standard InChI is InChI=1S/C25H28N2O3/c1-18(10-11-19-12-14-22(30-2)15-13-19)27-25(29)17-26-24(28)16-21-8-5-7-20-6-3-4-9-23(20)21/h3-9,12-15,18H,10-11,16-17H2,1-2H3,(H,26,28)(H,27,29). The maximum atomic E-state index is 12.3. The van der Waals surface area contributed by atoms with Crippen molar-refractivity contribution in [1.29, 1.82) is 0 Å². The van der Waals surface area contributed by atoms with Crippen LogP contribution in [0.3, 0.4) is 0 Å². The van der Waals surface area contributed by atoms with Gasteiger partial charge in [0.05, 0.1) is 20.1 Å². The van der Waals surface area contributed by atoms with E-state index < -0.39 is 0 Å². The molecule has 5 nitrogen and oxygen atoms in total. The fraction of sp³-hybridized carbons (Fsp3) is 0.280. The lowest BCUT2D eigenvalue weighted by molar-refractivity contribution is -0.126. The summed E-state index contributed by atoms with van der Waals surface area (Å²) in [5, 5.41) is 7.83. The fourth-order valence-electron chi connectivity index (χ4n) is 3.43. The summed E-state index contributed by atoms with van der Waals surface area (Å²) in [5.74, 6) is 0.496. The van der Waals surface area contributed by atoms with Crippen molar-refractivity contribution in [3.8, 4) is 5.75 Å². The van der Waals surface area contributed by atoms with Crippen LogP contribution >= 0.6 is 0 Å². The van der Waals surface area contributed by atoms with E-state index in [-0.39, 0.29) is 30.8 Å². The molecule has 0 fully saturated rings. The van der Waals surface area contributed by atoms with Gasteiger partial charge in [0.1, 0.15) is 5.75 Å². The quantitative estimate of drug-likeness (QED) is 0.572. The number of amides is 2. The molecule has 1 unspecified atom stereocenters. The minimum absolute atomic E-state index is 0.0174. The Kier molecular flexibility index (Phi) is 7.44. The van der Waals surface area contributed by atoms with Crippen LogP contribution in [0.2, 0.25) is 0 Å². The molecule has 0 aliphatic carbocycles. The van der Waals surface area contributed by atoms with Crippen molar-refractivity contribution in [2.75, 3.05) is 13.7 Å². The van der Waals surface area contributed by atoms with Crippen molar-refractivity contribution in [2.45, 2.75) is 32.2 Å². The highest BCUT2D eigenvalue weighted by Crippen LogP contribution is 2.18. The molecule has 0 aromatic heterocycles. The molecule has 1 atom stereocenters. The van der Waals surface area contributed by atoms with Gasteiger partial charge in [-0.05, 0) is 53.8 Å². The highest BCUT2D eigenvalue weighted by molar-refractivity contribution is 5.91. The summed E-state index contributed by atoms with van der Waals surface area (Å²) >= 11 is 0. The highest BCUT2D eigenvalue weighted by Gasteiger charge is 2.11. The van der Waals surface area contributed by atoms with E-state index in [1.165, 1.54) is 5.56 Å². The smallest absolute Gasteiger partial charge is 0.239 e. The van der Waals surface area contributed by atoms with E-state index in [0.29, 0.717) is 0 Å². The van der Waals surface area contributed by atoms with Gasteiger partial charge in [-0.3, -0.25) is 9.59 Å². The number of hydrogen-bond donors (Lipinski definition) is 2. The molecule has 0 saturated carbocycles. The van der Waals surface area contributed by atoms with E-state index in [0.717, 1.165) is 34.9 Å². The predicted molar refractivity (Wildman–Crippen MR) is 120 cm³/mol. The molecule has 2 amide bonds. The van der Waals surface area contributed by atoms with Crippen molar-refractivity contribution in [3.05, 3.63) is 77.9 Å². The number of benzene rings is 3. The van der Waals surface area contributed by atoms with Gasteiger partial charge in [-0.1, -0.05) is 54.6 Å². The van der Waals surface area contributed by atoms with Crippen LogP contribution in [-0.4, -0.2) is 31.5 Å². The number of hydrogen-bond acceptors (Lipinski definition) is 3. The lowest BCUT2D eigenvalue weighted by Gasteiger charge is -2.14. The van der Waals surface area contributed by atoms with Crippen molar-refractivity contribution in [3.63, 3.8) is 0 Å². The molecule has 2 N–H and O–H groups in total. The van der Waals surface area contributed by atoms with E-state index in [4.69, 9.17) is 4.74 Å². The number of rotatable bonds is 9. The first kappa shape index (κ1) is 21.4. The number of fused-ring (bicyclic) bond motifs is 1. The normalized spacial score (nSPS) is 11.7. The Morgan fingerprint density at radius 2 is 1.67 bits per heavy atom. The number of aryl methyl sites for hydroxylation is 1. The molecular formula is C25H28N2O3. The summed E-state index contributed by atoms with van der Waals surface area (Å²) in [6.07, 6.45) is 1.93. The first-order chi connectivity index (χ1) is 14.5. The van der Waals surface area contributed by atoms with Crippen LogP contribution in [0.25, 0.3) is 10.8 Å². The molecule has 5 heteroatoms. The topological polar surface area (TPSA) is 67.4 Å². The van der Waals surface area contributed by atoms with Gasteiger partial charge in [-0.25, -0.2) is 0 Å². The van der Waals surface area contributed by atoms with E-state index in [1.54, 1.807) is 7.11 Å². The van der Waals surface area contributed by atoms with Gasteiger partial charge in [-0.15, -0.1) is 0 Å². The van der Waals surface area contributed by atoms with Crippen molar-refractivity contribution in [2.24, 2.45) is 0 Å². The first-order valence-corrected chi connectivity index (χ1v) is 10.2. The second kappa shape index (κ2) is 10.4. The largest absolute Gasteiger partial charge is 0.497 e. The summed E-state index contributed by atoms with van der Waals surface area (Å²) in [5.41, 5.74) is 2.15. The number of nitrogens with one attached hydrogen (secondary N) is 2. The summed E-state index contributed by atoms with van der Waals surface area (Å²) < 4.78 is 5.16. The Morgan fingerprint density at radius 1 is 0.933 bits per heavy atom. The molecule has 30 heavy (non-hydrogen) atoms. The van der Waals surface area contributed by atoms with Crippen LogP contribution in [0.4, 0.5) is 0 Å². The molecular weight excluding hydrogens is 376 g/mol. The van der Waals surface area contributed by atoms with Gasteiger partial charge in [0.2, 0.25) is 11.8 Å². The summed E-state index contributed by atoms with van der Waals surface area (Å²) in [4.78, 5) is 24.5. The lowest BCUT2D eigenvalue weighted by Crippen LogP contribution is -2.41. The molecule has 0 bridgehead atoms. The maximum absolute atomic E-state index is 12.3. The molecule has 0 aliphatic heterocycles. The molecule has 3 aromatic rings. The molecule has 0 saturated heterocycles. The Balaban J connectivity index is 1.41. The maximum Gasteiger partial charge on any atom is 0.239 e. The average molecular weight is 405 g/mol. The van der Waals surface area contributed by atoms with Gasteiger partial charge in [-0.2, -0.15) is 0 Å². The third kappa shape index (κ3) is 6.08. The third-order valence-corrected chi connectivity index (χ3v) is 5.11.